The number of nitrogens with zero attached hydrogens (tertiary/aromatic N) is 1. The highest BCUT2D eigenvalue weighted by Crippen LogP contribution is 2.35. The lowest BCUT2D eigenvalue weighted by Crippen LogP contribution is -2.19. The Bertz CT molecular complexity index is 557. The summed E-state index contributed by atoms with van der Waals surface area (Å²) >= 11 is 0. The monoisotopic (exact) mass is 256 g/mol. The highest BCUT2D eigenvalue weighted by atomic mass is 16.7. The third-order valence-corrected chi connectivity index (χ3v) is 3.21. The number of nitrogens with one attached hydrogen (secondary N) is 1. The molecular weight excluding hydrogens is 240 g/mol. The van der Waals surface area contributed by atoms with Crippen LogP contribution in [0.3, 0.4) is 0 Å². The van der Waals surface area contributed by atoms with Crippen molar-refractivity contribution in [1.82, 2.24) is 10.3 Å². The van der Waals surface area contributed by atoms with Crippen LogP contribution in [0.15, 0.2) is 42.6 Å². The van der Waals surface area contributed by atoms with Crippen LogP contribution in [-0.4, -0.2) is 11.8 Å². The molecule has 1 aliphatic rings. The Morgan fingerprint density at radius 3 is 3.00 bits per heavy atom. The standard InChI is InChI=1S/C15H16N2O2/c1-11(13-6-2-3-8-16-13)17-9-12-5-4-7-14-15(12)19-10-18-14/h2-8,11,17H,9-10H2,1H3/t11-/m1/s1. The molecule has 19 heavy (non-hydrogen) atoms. The topological polar surface area (TPSA) is 43.4 Å². The molecule has 4 heteroatoms. The number of aromatic nitrogens is 1. The highest BCUT2D eigenvalue weighted by Gasteiger charge is 2.17. The smallest absolute Gasteiger partial charge is 0.231 e. The van der Waals surface area contributed by atoms with Crippen LogP contribution in [0.25, 0.3) is 0 Å². The minimum atomic E-state index is 0.194. The van der Waals surface area contributed by atoms with Gasteiger partial charge in [-0.25, -0.2) is 0 Å². The van der Waals surface area contributed by atoms with Crippen molar-refractivity contribution < 1.29 is 9.47 Å². The molecule has 0 radical (unpaired) electrons. The molecule has 0 aliphatic carbocycles. The second kappa shape index (κ2) is 5.28. The Morgan fingerprint density at radius 2 is 2.16 bits per heavy atom. The molecule has 0 amide bonds. The normalized spacial score (nSPS) is 14.4. The van der Waals surface area contributed by atoms with Crippen molar-refractivity contribution in [1.29, 1.82) is 0 Å². The number of hydrogen-bond donors (Lipinski definition) is 1. The van der Waals surface area contributed by atoms with Crippen LogP contribution in [0, 0.1) is 0 Å². The van der Waals surface area contributed by atoms with Gasteiger partial charge in [0.2, 0.25) is 6.79 Å². The summed E-state index contributed by atoms with van der Waals surface area (Å²) in [7, 11) is 0. The van der Waals surface area contributed by atoms with Crippen LogP contribution in [0.2, 0.25) is 0 Å². The first-order chi connectivity index (χ1) is 9.34. The van der Waals surface area contributed by atoms with Gasteiger partial charge in [-0.2, -0.15) is 0 Å². The number of hydrogen-bond acceptors (Lipinski definition) is 4. The molecule has 2 heterocycles. The molecule has 0 bridgehead atoms. The molecule has 1 atom stereocenters. The molecule has 0 fully saturated rings. The third-order valence-electron chi connectivity index (χ3n) is 3.21. The van der Waals surface area contributed by atoms with Crippen LogP contribution in [0.5, 0.6) is 11.5 Å². The van der Waals surface area contributed by atoms with Crippen LogP contribution in [0.4, 0.5) is 0 Å². The zero-order chi connectivity index (χ0) is 13.1. The average Bonchev–Trinajstić information content (AvgIpc) is 2.94. The maximum Gasteiger partial charge on any atom is 0.231 e. The van der Waals surface area contributed by atoms with Gasteiger partial charge in [0.05, 0.1) is 5.69 Å². The lowest BCUT2D eigenvalue weighted by Gasteiger charge is -2.14. The van der Waals surface area contributed by atoms with E-state index < -0.39 is 0 Å². The minimum Gasteiger partial charge on any atom is -0.454 e. The van der Waals surface area contributed by atoms with Crippen LogP contribution < -0.4 is 14.8 Å². The number of pyridine rings is 1. The Labute approximate surface area is 112 Å². The van der Waals surface area contributed by atoms with E-state index in [0.29, 0.717) is 6.79 Å². The SMILES string of the molecule is C[C@@H](NCc1cccc2c1OCO2)c1ccccn1. The van der Waals surface area contributed by atoms with E-state index in [-0.39, 0.29) is 6.04 Å². The van der Waals surface area contributed by atoms with Gasteiger partial charge in [0, 0.05) is 24.3 Å². The van der Waals surface area contributed by atoms with Gasteiger partial charge in [0.15, 0.2) is 11.5 Å². The van der Waals surface area contributed by atoms with Crippen LogP contribution in [-0.2, 0) is 6.54 Å². The summed E-state index contributed by atoms with van der Waals surface area (Å²) in [5.41, 5.74) is 2.14. The van der Waals surface area contributed by atoms with Gasteiger partial charge in [-0.05, 0) is 25.1 Å². The molecule has 0 spiro atoms. The van der Waals surface area contributed by atoms with Crippen molar-refractivity contribution in [2.75, 3.05) is 6.79 Å². The molecule has 1 aliphatic heterocycles. The largest absolute Gasteiger partial charge is 0.454 e. The quantitative estimate of drug-likeness (QED) is 0.913. The summed E-state index contributed by atoms with van der Waals surface area (Å²) in [4.78, 5) is 4.34. The number of fused-ring (bicyclic) bond motifs is 1. The predicted molar refractivity (Wildman–Crippen MR) is 72.1 cm³/mol. The fourth-order valence-electron chi connectivity index (χ4n) is 2.13. The lowest BCUT2D eigenvalue weighted by molar-refractivity contribution is 0.173. The van der Waals surface area contributed by atoms with Crippen molar-refractivity contribution >= 4 is 0 Å². The Kier molecular flexibility index (Phi) is 3.33. The van der Waals surface area contributed by atoms with Gasteiger partial charge < -0.3 is 14.8 Å². The summed E-state index contributed by atoms with van der Waals surface area (Å²) in [6, 6.07) is 12.1. The van der Waals surface area contributed by atoms with E-state index in [9.17, 15) is 0 Å². The summed E-state index contributed by atoms with van der Waals surface area (Å²) in [5.74, 6) is 1.67. The Balaban J connectivity index is 1.69. The van der Waals surface area contributed by atoms with Crippen molar-refractivity contribution in [2.24, 2.45) is 0 Å². The molecule has 0 unspecified atom stereocenters. The third kappa shape index (κ3) is 2.53. The first kappa shape index (κ1) is 12.0. The van der Waals surface area contributed by atoms with E-state index in [4.69, 9.17) is 9.47 Å². The van der Waals surface area contributed by atoms with Gasteiger partial charge in [-0.15, -0.1) is 0 Å². The van der Waals surface area contributed by atoms with Gasteiger partial charge in [0.1, 0.15) is 0 Å². The van der Waals surface area contributed by atoms with E-state index in [0.717, 1.165) is 29.3 Å². The summed E-state index contributed by atoms with van der Waals surface area (Å²) in [6.07, 6.45) is 1.81. The lowest BCUT2D eigenvalue weighted by atomic mass is 10.1. The van der Waals surface area contributed by atoms with E-state index in [1.54, 1.807) is 0 Å². The molecule has 1 N–H and O–H groups in total. The number of para-hydroxylation sites is 1. The molecule has 0 saturated heterocycles. The van der Waals surface area contributed by atoms with Gasteiger partial charge >= 0.3 is 0 Å². The van der Waals surface area contributed by atoms with Crippen molar-refractivity contribution in [3.8, 4) is 11.5 Å². The van der Waals surface area contributed by atoms with E-state index in [1.807, 2.05) is 42.6 Å². The molecule has 4 nitrogen and oxygen atoms in total. The molecule has 98 valence electrons. The first-order valence-electron chi connectivity index (χ1n) is 6.36. The molecule has 3 rings (SSSR count). The highest BCUT2D eigenvalue weighted by molar-refractivity contribution is 5.48. The molecule has 1 aromatic carbocycles. The fourth-order valence-corrected chi connectivity index (χ4v) is 2.13. The minimum absolute atomic E-state index is 0.194. The summed E-state index contributed by atoms with van der Waals surface area (Å²) in [5, 5.41) is 3.45. The summed E-state index contributed by atoms with van der Waals surface area (Å²) < 4.78 is 10.9. The summed E-state index contributed by atoms with van der Waals surface area (Å²) in [6.45, 7) is 3.13. The number of rotatable bonds is 4. The number of benzene rings is 1. The van der Waals surface area contributed by atoms with E-state index in [2.05, 4.69) is 17.2 Å². The second-order valence-electron chi connectivity index (χ2n) is 4.51. The van der Waals surface area contributed by atoms with Gasteiger partial charge in [0.25, 0.3) is 0 Å². The van der Waals surface area contributed by atoms with Crippen molar-refractivity contribution in [2.45, 2.75) is 19.5 Å². The fraction of sp³-hybridized carbons (Fsp3) is 0.267. The van der Waals surface area contributed by atoms with Crippen LogP contribution >= 0.6 is 0 Å². The second-order valence-corrected chi connectivity index (χ2v) is 4.51. The zero-order valence-corrected chi connectivity index (χ0v) is 10.8. The predicted octanol–water partition coefficient (Wildman–Crippen LogP) is 2.66. The zero-order valence-electron chi connectivity index (χ0n) is 10.8. The Morgan fingerprint density at radius 1 is 1.21 bits per heavy atom. The molecular formula is C15H16N2O2. The number of ether oxygens (including phenoxy) is 2. The van der Waals surface area contributed by atoms with Crippen LogP contribution in [0.1, 0.15) is 24.2 Å². The molecule has 1 aromatic heterocycles. The maximum atomic E-state index is 5.49. The Hall–Kier alpha value is -2.07. The van der Waals surface area contributed by atoms with Gasteiger partial charge in [-0.1, -0.05) is 18.2 Å². The van der Waals surface area contributed by atoms with Crippen molar-refractivity contribution in [3.63, 3.8) is 0 Å². The maximum absolute atomic E-state index is 5.49. The molecule has 2 aromatic rings. The van der Waals surface area contributed by atoms with Gasteiger partial charge in [-0.3, -0.25) is 4.98 Å². The van der Waals surface area contributed by atoms with E-state index in [1.165, 1.54) is 0 Å². The van der Waals surface area contributed by atoms with E-state index >= 15 is 0 Å². The average molecular weight is 256 g/mol. The molecule has 0 saturated carbocycles. The van der Waals surface area contributed by atoms with Crippen molar-refractivity contribution in [3.05, 3.63) is 53.9 Å². The first-order valence-corrected chi connectivity index (χ1v) is 6.36.